The van der Waals surface area contributed by atoms with Crippen molar-refractivity contribution in [3.05, 3.63) is 108 Å². The Kier molecular flexibility index (Phi) is 15.8. The van der Waals surface area contributed by atoms with Crippen molar-refractivity contribution >= 4 is 0 Å². The molecule has 0 saturated carbocycles. The van der Waals surface area contributed by atoms with E-state index in [2.05, 4.69) is 18.2 Å². The quantitative estimate of drug-likeness (QED) is 0.241. The van der Waals surface area contributed by atoms with Crippen LogP contribution < -0.4 is 0 Å². The van der Waals surface area contributed by atoms with E-state index in [0.29, 0.717) is 39.6 Å². The van der Waals surface area contributed by atoms with E-state index in [0.717, 1.165) is 16.7 Å². The van der Waals surface area contributed by atoms with Gasteiger partial charge in [0.1, 0.15) is 0 Å². The second-order valence-electron chi connectivity index (χ2n) is 6.56. The van der Waals surface area contributed by atoms with Crippen molar-refractivity contribution in [3.8, 4) is 0 Å². The summed E-state index contributed by atoms with van der Waals surface area (Å²) in [5, 5.41) is 0. The molecule has 0 atom stereocenters. The Balaban J connectivity index is 2.66. The fourth-order valence-electron chi connectivity index (χ4n) is 2.56. The van der Waals surface area contributed by atoms with Crippen molar-refractivity contribution in [2.24, 2.45) is 0 Å². The first kappa shape index (κ1) is 25.6. The summed E-state index contributed by atoms with van der Waals surface area (Å²) in [5.41, 5.74) is 3.38. The predicted molar refractivity (Wildman–Crippen MR) is 127 cm³/mol. The Morgan fingerprint density at radius 2 is 0.800 bits per heavy atom. The lowest BCUT2D eigenvalue weighted by atomic mass is 10.1. The average Bonchev–Trinajstić information content (AvgIpc) is 2.75. The van der Waals surface area contributed by atoms with Gasteiger partial charge in [0, 0.05) is 0 Å². The van der Waals surface area contributed by atoms with Gasteiger partial charge in [-0.15, -0.1) is 0 Å². The van der Waals surface area contributed by atoms with Crippen LogP contribution in [0.3, 0.4) is 0 Å². The van der Waals surface area contributed by atoms with E-state index >= 15 is 0 Å². The maximum Gasteiger partial charge on any atom is 0.0721 e. The van der Waals surface area contributed by atoms with Crippen molar-refractivity contribution in [3.63, 3.8) is 0 Å². The summed E-state index contributed by atoms with van der Waals surface area (Å²) in [6.07, 6.45) is 23.9. The number of allylic oxidation sites excluding steroid dienone is 9. The van der Waals surface area contributed by atoms with Gasteiger partial charge >= 0.3 is 0 Å². The third kappa shape index (κ3) is 13.7. The summed E-state index contributed by atoms with van der Waals surface area (Å²) in [7, 11) is 0. The van der Waals surface area contributed by atoms with Crippen molar-refractivity contribution in [1.82, 2.24) is 0 Å². The molecule has 0 amide bonds. The van der Waals surface area contributed by atoms with Crippen LogP contribution in [-0.2, 0) is 34.0 Å². The molecule has 0 aliphatic heterocycles. The highest BCUT2D eigenvalue weighted by atomic mass is 16.5. The lowest BCUT2D eigenvalue weighted by molar-refractivity contribution is 0.140. The van der Waals surface area contributed by atoms with E-state index < -0.39 is 0 Å². The van der Waals surface area contributed by atoms with Gasteiger partial charge in [-0.05, 0) is 37.5 Å². The standard InChI is InChI=1S/C27H36O3/c1-4-7-10-13-16-28-22-25-19-26(23-29-17-14-11-8-5-2)21-27(20-25)24-30-18-15-12-9-6-3/h4-15,19-21H,16-18,22-24H2,1-3H3/b7-4+,8-5+,9-6+,13-10+,14-11+,15-12+. The highest BCUT2D eigenvalue weighted by molar-refractivity contribution is 5.29. The second-order valence-corrected chi connectivity index (χ2v) is 6.56. The summed E-state index contributed by atoms with van der Waals surface area (Å²) in [5.74, 6) is 0. The summed E-state index contributed by atoms with van der Waals surface area (Å²) in [4.78, 5) is 0. The Morgan fingerprint density at radius 1 is 0.500 bits per heavy atom. The van der Waals surface area contributed by atoms with Crippen molar-refractivity contribution in [2.45, 2.75) is 40.6 Å². The molecular weight excluding hydrogens is 372 g/mol. The smallest absolute Gasteiger partial charge is 0.0721 e. The molecule has 1 aromatic carbocycles. The number of benzene rings is 1. The number of hydrogen-bond donors (Lipinski definition) is 0. The van der Waals surface area contributed by atoms with Crippen molar-refractivity contribution < 1.29 is 14.2 Å². The van der Waals surface area contributed by atoms with E-state index in [-0.39, 0.29) is 0 Å². The first-order valence-corrected chi connectivity index (χ1v) is 10.5. The largest absolute Gasteiger partial charge is 0.373 e. The van der Waals surface area contributed by atoms with Crippen LogP contribution in [0.4, 0.5) is 0 Å². The number of rotatable bonds is 15. The fraction of sp³-hybridized carbons (Fsp3) is 0.333. The van der Waals surface area contributed by atoms with Gasteiger partial charge in [-0.3, -0.25) is 0 Å². The molecule has 0 aromatic heterocycles. The minimum atomic E-state index is 0.559. The van der Waals surface area contributed by atoms with E-state index in [1.54, 1.807) is 0 Å². The first-order chi connectivity index (χ1) is 14.8. The summed E-state index contributed by atoms with van der Waals surface area (Å²) >= 11 is 0. The molecule has 3 heteroatoms. The van der Waals surface area contributed by atoms with Gasteiger partial charge < -0.3 is 14.2 Å². The van der Waals surface area contributed by atoms with Gasteiger partial charge in [0.05, 0.1) is 39.6 Å². The molecule has 3 nitrogen and oxygen atoms in total. The van der Waals surface area contributed by atoms with Gasteiger partial charge in [-0.1, -0.05) is 91.1 Å². The molecule has 1 rings (SSSR count). The SMILES string of the molecule is C/C=C/C=C/COCc1cc(COC/C=C/C=C/C)cc(COC/C=C/C=C/C)c1. The Labute approximate surface area is 182 Å². The molecule has 30 heavy (non-hydrogen) atoms. The predicted octanol–water partition coefficient (Wildman–Crippen LogP) is 6.63. The van der Waals surface area contributed by atoms with Crippen LogP contribution in [0.1, 0.15) is 37.5 Å². The average molecular weight is 409 g/mol. The van der Waals surface area contributed by atoms with E-state index in [4.69, 9.17) is 14.2 Å². The highest BCUT2D eigenvalue weighted by Crippen LogP contribution is 2.14. The molecule has 0 aliphatic carbocycles. The minimum Gasteiger partial charge on any atom is -0.373 e. The third-order valence-corrected chi connectivity index (χ3v) is 3.88. The Hall–Kier alpha value is -2.46. The molecule has 0 bridgehead atoms. The molecule has 0 heterocycles. The van der Waals surface area contributed by atoms with E-state index in [1.807, 2.05) is 93.7 Å². The monoisotopic (exact) mass is 408 g/mol. The van der Waals surface area contributed by atoms with Crippen LogP contribution in [0.25, 0.3) is 0 Å². The molecule has 0 saturated heterocycles. The molecule has 0 radical (unpaired) electrons. The third-order valence-electron chi connectivity index (χ3n) is 3.88. The molecule has 0 spiro atoms. The zero-order chi connectivity index (χ0) is 21.7. The normalized spacial score (nSPS) is 12.9. The topological polar surface area (TPSA) is 27.7 Å². The maximum atomic E-state index is 5.78. The summed E-state index contributed by atoms with van der Waals surface area (Å²) in [6.45, 7) is 9.42. The van der Waals surface area contributed by atoms with E-state index in [1.165, 1.54) is 0 Å². The van der Waals surface area contributed by atoms with Gasteiger partial charge in [0.25, 0.3) is 0 Å². The molecule has 0 fully saturated rings. The summed E-state index contributed by atoms with van der Waals surface area (Å²) < 4.78 is 17.3. The molecule has 0 aliphatic rings. The highest BCUT2D eigenvalue weighted by Gasteiger charge is 2.03. The van der Waals surface area contributed by atoms with Gasteiger partial charge in [0.2, 0.25) is 0 Å². The van der Waals surface area contributed by atoms with Crippen LogP contribution in [0.15, 0.2) is 91.1 Å². The van der Waals surface area contributed by atoms with Gasteiger partial charge in [-0.2, -0.15) is 0 Å². The first-order valence-electron chi connectivity index (χ1n) is 10.5. The van der Waals surface area contributed by atoms with Crippen LogP contribution in [0.2, 0.25) is 0 Å². The zero-order valence-corrected chi connectivity index (χ0v) is 18.6. The second kappa shape index (κ2) is 18.6. The zero-order valence-electron chi connectivity index (χ0n) is 18.6. The lowest BCUT2D eigenvalue weighted by Crippen LogP contribution is -2.01. The van der Waals surface area contributed by atoms with Gasteiger partial charge in [0.15, 0.2) is 0 Å². The number of hydrogen-bond acceptors (Lipinski definition) is 3. The molecular formula is C27H36O3. The molecule has 1 aromatic rings. The lowest BCUT2D eigenvalue weighted by Gasteiger charge is -2.10. The van der Waals surface area contributed by atoms with Crippen LogP contribution in [-0.4, -0.2) is 19.8 Å². The Bertz CT molecular complexity index is 624. The van der Waals surface area contributed by atoms with Crippen LogP contribution in [0.5, 0.6) is 0 Å². The van der Waals surface area contributed by atoms with E-state index in [9.17, 15) is 0 Å². The number of ether oxygens (including phenoxy) is 3. The fourth-order valence-corrected chi connectivity index (χ4v) is 2.56. The molecule has 0 N–H and O–H groups in total. The summed E-state index contributed by atoms with van der Waals surface area (Å²) in [6, 6.07) is 6.42. The van der Waals surface area contributed by atoms with Crippen molar-refractivity contribution in [1.29, 1.82) is 0 Å². The molecule has 0 unspecified atom stereocenters. The molecule has 162 valence electrons. The van der Waals surface area contributed by atoms with Crippen molar-refractivity contribution in [2.75, 3.05) is 19.8 Å². The Morgan fingerprint density at radius 3 is 1.07 bits per heavy atom. The van der Waals surface area contributed by atoms with Crippen LogP contribution in [0, 0.1) is 0 Å². The van der Waals surface area contributed by atoms with Crippen LogP contribution >= 0.6 is 0 Å². The minimum absolute atomic E-state index is 0.559. The van der Waals surface area contributed by atoms with Gasteiger partial charge in [-0.25, -0.2) is 0 Å². The maximum absolute atomic E-state index is 5.78.